The van der Waals surface area contributed by atoms with E-state index in [0.717, 1.165) is 17.7 Å². The summed E-state index contributed by atoms with van der Waals surface area (Å²) in [6.07, 6.45) is 2.18. The predicted molar refractivity (Wildman–Crippen MR) is 68.1 cm³/mol. The number of esters is 1. The lowest BCUT2D eigenvalue weighted by atomic mass is 10.2. The van der Waals surface area contributed by atoms with Crippen LogP contribution < -0.4 is 0 Å². The Kier molecular flexibility index (Phi) is 3.52. The average molecular weight is 268 g/mol. The summed E-state index contributed by atoms with van der Waals surface area (Å²) in [7, 11) is 0. The lowest BCUT2D eigenvalue weighted by Gasteiger charge is -2.07. The number of aromatic nitrogens is 3. The molecule has 0 aliphatic rings. The lowest BCUT2D eigenvalue weighted by Crippen LogP contribution is -2.07. The van der Waals surface area contributed by atoms with E-state index in [4.69, 9.17) is 16.3 Å². The summed E-state index contributed by atoms with van der Waals surface area (Å²) in [5, 5.41) is 4.56. The molecule has 0 radical (unpaired) electrons. The maximum atomic E-state index is 11.8. The molecule has 2 heterocycles. The first-order chi connectivity index (χ1) is 8.60. The van der Waals surface area contributed by atoms with E-state index < -0.39 is 5.97 Å². The molecule has 0 spiro atoms. The number of rotatable bonds is 3. The quantitative estimate of drug-likeness (QED) is 0.633. The van der Waals surface area contributed by atoms with Crippen molar-refractivity contribution in [1.82, 2.24) is 14.6 Å². The summed E-state index contributed by atoms with van der Waals surface area (Å²) in [5.74, 6) is -0.429. The molecule has 0 bridgehead atoms. The van der Waals surface area contributed by atoms with Gasteiger partial charge in [0.25, 0.3) is 0 Å². The fourth-order valence-corrected chi connectivity index (χ4v) is 2.01. The van der Waals surface area contributed by atoms with Crippen LogP contribution in [0, 0.1) is 6.92 Å². The molecule has 96 valence electrons. The first-order valence-electron chi connectivity index (χ1n) is 5.79. The average Bonchev–Trinajstić information content (AvgIpc) is 2.77. The molecule has 0 aromatic carbocycles. The minimum absolute atomic E-state index is 0.316. The molecule has 2 rings (SSSR count). The fraction of sp³-hybridized carbons (Fsp3) is 0.417. The number of aryl methyl sites for hydroxylation is 1. The van der Waals surface area contributed by atoms with Gasteiger partial charge >= 0.3 is 5.97 Å². The van der Waals surface area contributed by atoms with Crippen LogP contribution in [0.5, 0.6) is 0 Å². The van der Waals surface area contributed by atoms with Crippen LogP contribution in [0.2, 0.25) is 5.15 Å². The molecule has 0 atom stereocenters. The van der Waals surface area contributed by atoms with Gasteiger partial charge in [0.2, 0.25) is 0 Å². The molecule has 0 aliphatic heterocycles. The van der Waals surface area contributed by atoms with Gasteiger partial charge in [-0.25, -0.2) is 14.3 Å². The van der Waals surface area contributed by atoms with E-state index in [9.17, 15) is 4.79 Å². The van der Waals surface area contributed by atoms with Crippen molar-refractivity contribution in [3.8, 4) is 0 Å². The molecular weight excluding hydrogens is 254 g/mol. The largest absolute Gasteiger partial charge is 0.462 e. The zero-order valence-corrected chi connectivity index (χ0v) is 11.3. The maximum Gasteiger partial charge on any atom is 0.343 e. The molecule has 6 heteroatoms. The Morgan fingerprint density at radius 3 is 2.83 bits per heavy atom. The molecular formula is C12H14ClN3O2. The summed E-state index contributed by atoms with van der Waals surface area (Å²) >= 11 is 6.21. The molecule has 0 fully saturated rings. The number of nitrogens with zero attached hydrogens (tertiary/aromatic N) is 3. The van der Waals surface area contributed by atoms with Crippen LogP contribution >= 0.6 is 11.6 Å². The Balaban J connectivity index is 2.65. The Bertz CT molecular complexity index is 607. The van der Waals surface area contributed by atoms with Crippen molar-refractivity contribution in [1.29, 1.82) is 0 Å². The Hall–Kier alpha value is -1.62. The van der Waals surface area contributed by atoms with Gasteiger partial charge in [0, 0.05) is 11.3 Å². The number of hydrogen-bond donors (Lipinski definition) is 0. The molecule has 0 aliphatic carbocycles. The van der Waals surface area contributed by atoms with Gasteiger partial charge in [0.05, 0.1) is 12.8 Å². The molecule has 0 unspecified atom stereocenters. The lowest BCUT2D eigenvalue weighted by molar-refractivity contribution is 0.0528. The van der Waals surface area contributed by atoms with Crippen molar-refractivity contribution in [3.63, 3.8) is 0 Å². The van der Waals surface area contributed by atoms with Crippen molar-refractivity contribution in [2.75, 3.05) is 6.61 Å². The third-order valence-electron chi connectivity index (χ3n) is 2.74. The number of halogens is 1. The third-order valence-corrected chi connectivity index (χ3v) is 3.19. The summed E-state index contributed by atoms with van der Waals surface area (Å²) in [5.41, 5.74) is 2.53. The van der Waals surface area contributed by atoms with E-state index in [0.29, 0.717) is 23.0 Å². The van der Waals surface area contributed by atoms with Gasteiger partial charge < -0.3 is 4.74 Å². The molecule has 2 aromatic heterocycles. The zero-order valence-electron chi connectivity index (χ0n) is 10.5. The van der Waals surface area contributed by atoms with Crippen molar-refractivity contribution in [2.45, 2.75) is 27.2 Å². The summed E-state index contributed by atoms with van der Waals surface area (Å²) in [4.78, 5) is 16.2. The van der Waals surface area contributed by atoms with Gasteiger partial charge in [-0.05, 0) is 20.3 Å². The van der Waals surface area contributed by atoms with Gasteiger partial charge in [0.15, 0.2) is 5.65 Å². The molecule has 5 nitrogen and oxygen atoms in total. The van der Waals surface area contributed by atoms with E-state index in [1.807, 2.05) is 13.8 Å². The van der Waals surface area contributed by atoms with Crippen LogP contribution in [-0.2, 0) is 11.2 Å². The second-order valence-corrected chi connectivity index (χ2v) is 4.20. The third kappa shape index (κ3) is 1.95. The SMILES string of the molecule is CCOC(=O)c1cnn2c(Cl)c(C)c(CC)nc12. The minimum atomic E-state index is -0.429. The minimum Gasteiger partial charge on any atom is -0.462 e. The number of carbonyl (C=O) groups is 1. The topological polar surface area (TPSA) is 56.5 Å². The van der Waals surface area contributed by atoms with Crippen molar-refractivity contribution < 1.29 is 9.53 Å². The Morgan fingerprint density at radius 2 is 2.22 bits per heavy atom. The van der Waals surface area contributed by atoms with Crippen LogP contribution in [0.25, 0.3) is 5.65 Å². The molecule has 18 heavy (non-hydrogen) atoms. The van der Waals surface area contributed by atoms with Crippen LogP contribution in [-0.4, -0.2) is 27.2 Å². The maximum absolute atomic E-state index is 11.8. The van der Waals surface area contributed by atoms with Gasteiger partial charge in [0.1, 0.15) is 10.7 Å². The highest BCUT2D eigenvalue weighted by Gasteiger charge is 2.18. The van der Waals surface area contributed by atoms with Gasteiger partial charge in [-0.1, -0.05) is 18.5 Å². The monoisotopic (exact) mass is 267 g/mol. The van der Waals surface area contributed by atoms with Crippen LogP contribution in [0.3, 0.4) is 0 Å². The summed E-state index contributed by atoms with van der Waals surface area (Å²) in [6, 6.07) is 0. The second-order valence-electron chi connectivity index (χ2n) is 3.84. The number of ether oxygens (including phenoxy) is 1. The van der Waals surface area contributed by atoms with Crippen LogP contribution in [0.15, 0.2) is 6.20 Å². The fourth-order valence-electron chi connectivity index (χ4n) is 1.78. The zero-order chi connectivity index (χ0) is 13.3. The number of fused-ring (bicyclic) bond motifs is 1. The second kappa shape index (κ2) is 4.94. The van der Waals surface area contributed by atoms with Crippen molar-refractivity contribution in [3.05, 3.63) is 28.2 Å². The van der Waals surface area contributed by atoms with E-state index >= 15 is 0 Å². The molecule has 0 N–H and O–H groups in total. The van der Waals surface area contributed by atoms with Crippen LogP contribution in [0.1, 0.15) is 35.5 Å². The predicted octanol–water partition coefficient (Wildman–Crippen LogP) is 2.43. The molecule has 0 saturated heterocycles. The van der Waals surface area contributed by atoms with Crippen molar-refractivity contribution >= 4 is 23.2 Å². The van der Waals surface area contributed by atoms with E-state index in [1.54, 1.807) is 6.92 Å². The highest BCUT2D eigenvalue weighted by Crippen LogP contribution is 2.22. The van der Waals surface area contributed by atoms with E-state index in [-0.39, 0.29) is 0 Å². The molecule has 0 amide bonds. The van der Waals surface area contributed by atoms with Gasteiger partial charge in [-0.15, -0.1) is 0 Å². The first-order valence-corrected chi connectivity index (χ1v) is 6.17. The summed E-state index contributed by atoms with van der Waals surface area (Å²) in [6.45, 7) is 5.95. The first kappa shape index (κ1) is 12.8. The number of carbonyl (C=O) groups excluding carboxylic acids is 1. The van der Waals surface area contributed by atoms with Gasteiger partial charge in [-0.3, -0.25) is 0 Å². The number of hydrogen-bond acceptors (Lipinski definition) is 4. The highest BCUT2D eigenvalue weighted by atomic mass is 35.5. The van der Waals surface area contributed by atoms with Crippen molar-refractivity contribution in [2.24, 2.45) is 0 Å². The summed E-state index contributed by atoms with van der Waals surface area (Å²) < 4.78 is 6.42. The smallest absolute Gasteiger partial charge is 0.343 e. The molecule has 0 saturated carbocycles. The standard InChI is InChI=1S/C12H14ClN3O2/c1-4-9-7(3)10(13)16-11(15-9)8(6-14-16)12(17)18-5-2/h6H,4-5H2,1-3H3. The van der Waals surface area contributed by atoms with Gasteiger partial charge in [-0.2, -0.15) is 5.10 Å². The Morgan fingerprint density at radius 1 is 1.50 bits per heavy atom. The van der Waals surface area contributed by atoms with Crippen LogP contribution in [0.4, 0.5) is 0 Å². The van der Waals surface area contributed by atoms with E-state index in [2.05, 4.69) is 10.1 Å². The van der Waals surface area contributed by atoms with E-state index in [1.165, 1.54) is 10.7 Å². The Labute approximate surface area is 110 Å². The highest BCUT2D eigenvalue weighted by molar-refractivity contribution is 6.30. The molecule has 2 aromatic rings. The normalized spacial score (nSPS) is 10.9.